The highest BCUT2D eigenvalue weighted by molar-refractivity contribution is 7.80. The Balaban J connectivity index is 2.75. The van der Waals surface area contributed by atoms with Gasteiger partial charge in [0.2, 0.25) is 0 Å². The van der Waals surface area contributed by atoms with Crippen LogP contribution >= 0.6 is 24.2 Å². The largest absolute Gasteiger partial charge is 0.490 e. The van der Waals surface area contributed by atoms with Gasteiger partial charge in [-0.2, -0.15) is 0 Å². The molecule has 0 saturated carbocycles. The lowest BCUT2D eigenvalue weighted by Gasteiger charge is -2.06. The predicted molar refractivity (Wildman–Crippen MR) is 51.3 cm³/mol. The second-order valence-corrected chi connectivity index (χ2v) is 3.11. The first-order valence-electron chi connectivity index (χ1n) is 3.46. The molecule has 0 heterocycles. The number of ether oxygens (including phenoxy) is 1. The molecule has 66 valence electrons. The van der Waals surface area contributed by atoms with Crippen LogP contribution in [0.1, 0.15) is 0 Å². The Morgan fingerprint density at radius 3 is 2.92 bits per heavy atom. The zero-order valence-corrected chi connectivity index (χ0v) is 7.98. The Hall–Kier alpha value is -0.380. The van der Waals surface area contributed by atoms with Crippen LogP contribution in [0.25, 0.3) is 0 Å². The molecule has 0 aromatic heterocycles. The molecule has 0 amide bonds. The first-order chi connectivity index (χ1) is 5.74. The number of halogens is 1. The molecule has 0 aliphatic carbocycles. The molecule has 0 bridgehead atoms. The zero-order valence-electron chi connectivity index (χ0n) is 6.33. The van der Waals surface area contributed by atoms with Gasteiger partial charge in [0.1, 0.15) is 12.4 Å². The van der Waals surface area contributed by atoms with Crippen molar-refractivity contribution in [1.82, 2.24) is 0 Å². The van der Waals surface area contributed by atoms with Crippen molar-refractivity contribution in [3.8, 4) is 5.75 Å². The fourth-order valence-corrected chi connectivity index (χ4v) is 1.12. The summed E-state index contributed by atoms with van der Waals surface area (Å²) in [7, 11) is 0. The maximum atomic E-state index is 8.50. The molecule has 0 atom stereocenters. The number of rotatable bonds is 3. The number of hydrogen-bond donors (Lipinski definition) is 2. The van der Waals surface area contributed by atoms with E-state index in [1.54, 1.807) is 18.2 Å². The van der Waals surface area contributed by atoms with E-state index in [9.17, 15) is 0 Å². The van der Waals surface area contributed by atoms with Gasteiger partial charge in [-0.3, -0.25) is 0 Å². The molecule has 0 fully saturated rings. The summed E-state index contributed by atoms with van der Waals surface area (Å²) in [4.78, 5) is 0.785. The van der Waals surface area contributed by atoms with Gasteiger partial charge in [0.25, 0.3) is 0 Å². The molecular formula is C8H9ClO2S. The van der Waals surface area contributed by atoms with Gasteiger partial charge in [-0.05, 0) is 18.2 Å². The molecule has 1 rings (SSSR count). The summed E-state index contributed by atoms with van der Waals surface area (Å²) in [5.74, 6) is 0.554. The van der Waals surface area contributed by atoms with E-state index < -0.39 is 0 Å². The van der Waals surface area contributed by atoms with Gasteiger partial charge in [-0.25, -0.2) is 0 Å². The molecule has 0 radical (unpaired) electrons. The van der Waals surface area contributed by atoms with E-state index in [0.29, 0.717) is 10.8 Å². The smallest absolute Gasteiger partial charge is 0.139 e. The molecule has 0 aliphatic heterocycles. The van der Waals surface area contributed by atoms with Crippen molar-refractivity contribution in [1.29, 1.82) is 0 Å². The van der Waals surface area contributed by atoms with Gasteiger partial charge in [0.05, 0.1) is 11.6 Å². The Kier molecular flexibility index (Phi) is 3.72. The van der Waals surface area contributed by atoms with Crippen molar-refractivity contribution in [2.45, 2.75) is 4.90 Å². The summed E-state index contributed by atoms with van der Waals surface area (Å²) in [5, 5.41) is 9.03. The van der Waals surface area contributed by atoms with E-state index in [4.69, 9.17) is 21.4 Å². The second-order valence-electron chi connectivity index (χ2n) is 2.19. The lowest BCUT2D eigenvalue weighted by molar-refractivity contribution is 0.201. The molecule has 0 unspecified atom stereocenters. The van der Waals surface area contributed by atoms with Crippen molar-refractivity contribution in [2.24, 2.45) is 0 Å². The number of thiol groups is 1. The van der Waals surface area contributed by atoms with E-state index in [2.05, 4.69) is 12.6 Å². The molecule has 4 heteroatoms. The third kappa shape index (κ3) is 2.59. The van der Waals surface area contributed by atoms with Crippen molar-refractivity contribution in [2.75, 3.05) is 13.2 Å². The molecule has 2 nitrogen and oxygen atoms in total. The van der Waals surface area contributed by atoms with Crippen molar-refractivity contribution < 1.29 is 9.84 Å². The maximum Gasteiger partial charge on any atom is 0.139 e. The van der Waals surface area contributed by atoms with Gasteiger partial charge in [-0.15, -0.1) is 12.6 Å². The minimum Gasteiger partial charge on any atom is -0.490 e. The second kappa shape index (κ2) is 4.60. The lowest BCUT2D eigenvalue weighted by atomic mass is 10.3. The topological polar surface area (TPSA) is 29.5 Å². The third-order valence-corrected chi connectivity index (χ3v) is 1.85. The van der Waals surface area contributed by atoms with Crippen molar-refractivity contribution in [3.05, 3.63) is 23.2 Å². The lowest BCUT2D eigenvalue weighted by Crippen LogP contribution is -2.01. The van der Waals surface area contributed by atoms with Gasteiger partial charge >= 0.3 is 0 Å². The average molecular weight is 205 g/mol. The monoisotopic (exact) mass is 204 g/mol. The highest BCUT2D eigenvalue weighted by Crippen LogP contribution is 2.26. The van der Waals surface area contributed by atoms with E-state index >= 15 is 0 Å². The highest BCUT2D eigenvalue weighted by Gasteiger charge is 2.00. The minimum atomic E-state index is -0.0207. The quantitative estimate of drug-likeness (QED) is 0.738. The maximum absolute atomic E-state index is 8.50. The summed E-state index contributed by atoms with van der Waals surface area (Å²) >= 11 is 9.91. The van der Waals surface area contributed by atoms with E-state index in [0.717, 1.165) is 4.90 Å². The van der Waals surface area contributed by atoms with Gasteiger partial charge in [-0.1, -0.05) is 11.6 Å². The van der Waals surface area contributed by atoms with Crippen LogP contribution in [0.15, 0.2) is 23.1 Å². The van der Waals surface area contributed by atoms with Gasteiger partial charge in [0.15, 0.2) is 0 Å². The van der Waals surface area contributed by atoms with Crippen LogP contribution in [0.5, 0.6) is 5.75 Å². The van der Waals surface area contributed by atoms with E-state index in [1.807, 2.05) is 0 Å². The Morgan fingerprint density at radius 1 is 1.50 bits per heavy atom. The first-order valence-corrected chi connectivity index (χ1v) is 4.28. The fraction of sp³-hybridized carbons (Fsp3) is 0.250. The van der Waals surface area contributed by atoms with Crippen LogP contribution in [-0.2, 0) is 0 Å². The van der Waals surface area contributed by atoms with Gasteiger partial charge in [0, 0.05) is 4.90 Å². The number of aliphatic hydroxyl groups is 1. The minimum absolute atomic E-state index is 0.0207. The SMILES string of the molecule is OCCOc1cc(S)ccc1Cl. The van der Waals surface area contributed by atoms with Gasteiger partial charge < -0.3 is 9.84 Å². The molecule has 0 saturated heterocycles. The van der Waals surface area contributed by atoms with Crippen LogP contribution in [-0.4, -0.2) is 18.3 Å². The van der Waals surface area contributed by atoms with E-state index in [-0.39, 0.29) is 13.2 Å². The van der Waals surface area contributed by atoms with Crippen LogP contribution in [0.3, 0.4) is 0 Å². The molecule has 12 heavy (non-hydrogen) atoms. The van der Waals surface area contributed by atoms with Crippen LogP contribution in [0.4, 0.5) is 0 Å². The van der Waals surface area contributed by atoms with Crippen LogP contribution in [0, 0.1) is 0 Å². The average Bonchev–Trinajstić information content (AvgIpc) is 2.07. The van der Waals surface area contributed by atoms with E-state index in [1.165, 1.54) is 0 Å². The molecule has 1 aromatic carbocycles. The highest BCUT2D eigenvalue weighted by atomic mass is 35.5. The first kappa shape index (κ1) is 9.71. The normalized spacial score (nSPS) is 9.92. The van der Waals surface area contributed by atoms with Crippen molar-refractivity contribution >= 4 is 24.2 Å². The summed E-state index contributed by atoms with van der Waals surface area (Å²) in [6.07, 6.45) is 0. The molecule has 0 spiro atoms. The Labute approximate surface area is 81.5 Å². The molecule has 1 aromatic rings. The summed E-state index contributed by atoms with van der Waals surface area (Å²) < 4.78 is 5.14. The third-order valence-electron chi connectivity index (χ3n) is 1.26. The Morgan fingerprint density at radius 2 is 2.25 bits per heavy atom. The van der Waals surface area contributed by atoms with Crippen LogP contribution in [0.2, 0.25) is 5.02 Å². The molecular weight excluding hydrogens is 196 g/mol. The number of hydrogen-bond acceptors (Lipinski definition) is 3. The summed E-state index contributed by atoms with van der Waals surface area (Å²) in [5.41, 5.74) is 0. The molecule has 0 aliphatic rings. The summed E-state index contributed by atoms with van der Waals surface area (Å²) in [6, 6.07) is 5.19. The zero-order chi connectivity index (χ0) is 8.97. The number of benzene rings is 1. The summed E-state index contributed by atoms with van der Waals surface area (Å²) in [6.45, 7) is 0.226. The predicted octanol–water partition coefficient (Wildman–Crippen LogP) is 2.00. The fourth-order valence-electron chi connectivity index (χ4n) is 0.758. The van der Waals surface area contributed by atoms with Crippen molar-refractivity contribution in [3.63, 3.8) is 0 Å². The van der Waals surface area contributed by atoms with Crippen LogP contribution < -0.4 is 4.74 Å². The Bertz CT molecular complexity index is 265. The number of aliphatic hydroxyl groups excluding tert-OH is 1. The molecule has 1 N–H and O–H groups in total. The standard InChI is InChI=1S/C8H9ClO2S/c9-7-2-1-6(12)5-8(7)11-4-3-10/h1-2,5,10,12H,3-4H2.